The zero-order valence-corrected chi connectivity index (χ0v) is 12.3. The molecule has 0 spiro atoms. The SMILES string of the molecule is CCCC(NCC)C(CC)Sc1cnn(C)c1. The van der Waals surface area contributed by atoms with Crippen LogP contribution in [-0.2, 0) is 7.05 Å². The summed E-state index contributed by atoms with van der Waals surface area (Å²) in [6.07, 6.45) is 7.74. The van der Waals surface area contributed by atoms with Crippen molar-refractivity contribution in [3.63, 3.8) is 0 Å². The van der Waals surface area contributed by atoms with Crippen LogP contribution in [0.1, 0.15) is 40.0 Å². The highest BCUT2D eigenvalue weighted by atomic mass is 32.2. The van der Waals surface area contributed by atoms with Crippen LogP contribution in [0.25, 0.3) is 0 Å². The van der Waals surface area contributed by atoms with Gasteiger partial charge in [0.1, 0.15) is 0 Å². The van der Waals surface area contributed by atoms with E-state index >= 15 is 0 Å². The number of nitrogens with zero attached hydrogens (tertiary/aromatic N) is 2. The summed E-state index contributed by atoms with van der Waals surface area (Å²) in [4.78, 5) is 1.28. The maximum absolute atomic E-state index is 4.23. The molecule has 98 valence electrons. The van der Waals surface area contributed by atoms with Crippen LogP contribution < -0.4 is 5.32 Å². The Hall–Kier alpha value is -0.480. The molecule has 1 heterocycles. The van der Waals surface area contributed by atoms with Crippen LogP contribution in [0.15, 0.2) is 17.3 Å². The molecule has 1 aromatic rings. The molecule has 0 radical (unpaired) electrons. The van der Waals surface area contributed by atoms with E-state index in [0.717, 1.165) is 6.54 Å². The molecule has 0 fully saturated rings. The van der Waals surface area contributed by atoms with Gasteiger partial charge in [-0.25, -0.2) is 0 Å². The second-order valence-corrected chi connectivity index (χ2v) is 5.68. The lowest BCUT2D eigenvalue weighted by Crippen LogP contribution is -2.37. The molecular weight excluding hydrogens is 230 g/mol. The number of hydrogen-bond acceptors (Lipinski definition) is 3. The lowest BCUT2D eigenvalue weighted by Gasteiger charge is -2.25. The molecule has 0 saturated carbocycles. The Kier molecular flexibility index (Phi) is 6.66. The fourth-order valence-electron chi connectivity index (χ4n) is 2.08. The minimum Gasteiger partial charge on any atom is -0.313 e. The highest BCUT2D eigenvalue weighted by molar-refractivity contribution is 8.00. The van der Waals surface area contributed by atoms with Crippen molar-refractivity contribution < 1.29 is 0 Å². The molecule has 0 aliphatic rings. The molecule has 0 aliphatic carbocycles. The smallest absolute Gasteiger partial charge is 0.0625 e. The zero-order chi connectivity index (χ0) is 12.7. The van der Waals surface area contributed by atoms with E-state index in [2.05, 4.69) is 37.4 Å². The Bertz CT molecular complexity index is 305. The fourth-order valence-corrected chi connectivity index (χ4v) is 3.31. The molecule has 1 N–H and O–H groups in total. The van der Waals surface area contributed by atoms with E-state index in [4.69, 9.17) is 0 Å². The van der Waals surface area contributed by atoms with Gasteiger partial charge in [0.05, 0.1) is 6.20 Å². The largest absolute Gasteiger partial charge is 0.313 e. The highest BCUT2D eigenvalue weighted by Gasteiger charge is 2.19. The van der Waals surface area contributed by atoms with Gasteiger partial charge in [0, 0.05) is 29.4 Å². The maximum atomic E-state index is 4.23. The van der Waals surface area contributed by atoms with Crippen LogP contribution in [0.2, 0.25) is 0 Å². The van der Waals surface area contributed by atoms with E-state index in [1.165, 1.54) is 24.2 Å². The maximum Gasteiger partial charge on any atom is 0.0625 e. The van der Waals surface area contributed by atoms with Crippen molar-refractivity contribution in [1.82, 2.24) is 15.1 Å². The predicted octanol–water partition coefficient (Wildman–Crippen LogP) is 3.07. The summed E-state index contributed by atoms with van der Waals surface area (Å²) in [5, 5.41) is 8.48. The van der Waals surface area contributed by atoms with Crippen LogP contribution in [0.3, 0.4) is 0 Å². The molecule has 1 aromatic heterocycles. The molecule has 4 heteroatoms. The molecule has 0 bridgehead atoms. The summed E-state index contributed by atoms with van der Waals surface area (Å²) in [6.45, 7) is 7.76. The Morgan fingerprint density at radius 2 is 2.18 bits per heavy atom. The molecule has 17 heavy (non-hydrogen) atoms. The second-order valence-electron chi connectivity index (χ2n) is 4.37. The molecule has 2 atom stereocenters. The highest BCUT2D eigenvalue weighted by Crippen LogP contribution is 2.28. The summed E-state index contributed by atoms with van der Waals surface area (Å²) < 4.78 is 1.87. The number of hydrogen-bond donors (Lipinski definition) is 1. The number of aromatic nitrogens is 2. The Balaban J connectivity index is 2.61. The Morgan fingerprint density at radius 3 is 2.65 bits per heavy atom. The number of rotatable bonds is 8. The minimum atomic E-state index is 0.611. The normalized spacial score (nSPS) is 14.8. The van der Waals surface area contributed by atoms with E-state index in [0.29, 0.717) is 11.3 Å². The van der Waals surface area contributed by atoms with Gasteiger partial charge in [-0.2, -0.15) is 5.10 Å². The van der Waals surface area contributed by atoms with Gasteiger partial charge in [-0.3, -0.25) is 4.68 Å². The van der Waals surface area contributed by atoms with Crippen molar-refractivity contribution in [3.8, 4) is 0 Å². The van der Waals surface area contributed by atoms with Crippen molar-refractivity contribution >= 4 is 11.8 Å². The first-order valence-electron chi connectivity index (χ1n) is 6.59. The topological polar surface area (TPSA) is 29.9 Å². The summed E-state index contributed by atoms with van der Waals surface area (Å²) in [7, 11) is 1.97. The van der Waals surface area contributed by atoms with Crippen LogP contribution in [0.5, 0.6) is 0 Å². The van der Waals surface area contributed by atoms with Crippen LogP contribution in [0, 0.1) is 0 Å². The van der Waals surface area contributed by atoms with Crippen molar-refractivity contribution in [2.75, 3.05) is 6.54 Å². The van der Waals surface area contributed by atoms with Crippen LogP contribution >= 0.6 is 11.8 Å². The van der Waals surface area contributed by atoms with Crippen LogP contribution in [0.4, 0.5) is 0 Å². The van der Waals surface area contributed by atoms with Crippen molar-refractivity contribution in [2.24, 2.45) is 7.05 Å². The molecule has 0 aliphatic heterocycles. The van der Waals surface area contributed by atoms with E-state index in [9.17, 15) is 0 Å². The van der Waals surface area contributed by atoms with Gasteiger partial charge in [-0.15, -0.1) is 11.8 Å². The third-order valence-corrected chi connectivity index (χ3v) is 4.33. The molecule has 1 rings (SSSR count). The molecule has 0 amide bonds. The standard InChI is InChI=1S/C13H25N3S/c1-5-8-12(14-7-3)13(6-2)17-11-9-15-16(4)10-11/h9-10,12-14H,5-8H2,1-4H3. The van der Waals surface area contributed by atoms with Gasteiger partial charge in [0.25, 0.3) is 0 Å². The summed E-state index contributed by atoms with van der Waals surface area (Å²) in [5.74, 6) is 0. The average molecular weight is 255 g/mol. The molecule has 0 saturated heterocycles. The average Bonchev–Trinajstić information content (AvgIpc) is 2.72. The number of nitrogens with one attached hydrogen (secondary N) is 1. The van der Waals surface area contributed by atoms with Gasteiger partial charge in [-0.05, 0) is 19.4 Å². The molecule has 2 unspecified atom stereocenters. The molecule has 3 nitrogen and oxygen atoms in total. The van der Waals surface area contributed by atoms with Crippen molar-refractivity contribution in [3.05, 3.63) is 12.4 Å². The monoisotopic (exact) mass is 255 g/mol. The van der Waals surface area contributed by atoms with E-state index in [1.54, 1.807) is 0 Å². The van der Waals surface area contributed by atoms with Gasteiger partial charge in [0.15, 0.2) is 0 Å². The first kappa shape index (κ1) is 14.6. The van der Waals surface area contributed by atoms with E-state index in [-0.39, 0.29) is 0 Å². The van der Waals surface area contributed by atoms with Crippen molar-refractivity contribution in [1.29, 1.82) is 0 Å². The number of aryl methyl sites for hydroxylation is 1. The summed E-state index contributed by atoms with van der Waals surface area (Å²) in [5.41, 5.74) is 0. The van der Waals surface area contributed by atoms with Gasteiger partial charge in [0.2, 0.25) is 0 Å². The lowest BCUT2D eigenvalue weighted by atomic mass is 10.1. The third kappa shape index (κ3) is 4.72. The fraction of sp³-hybridized carbons (Fsp3) is 0.769. The third-order valence-electron chi connectivity index (χ3n) is 2.89. The van der Waals surface area contributed by atoms with E-state index < -0.39 is 0 Å². The Labute approximate surface area is 109 Å². The predicted molar refractivity (Wildman–Crippen MR) is 75.5 cm³/mol. The van der Waals surface area contributed by atoms with Gasteiger partial charge < -0.3 is 5.32 Å². The first-order valence-corrected chi connectivity index (χ1v) is 7.47. The van der Waals surface area contributed by atoms with Crippen molar-refractivity contribution in [2.45, 2.75) is 56.2 Å². The zero-order valence-electron chi connectivity index (χ0n) is 11.4. The minimum absolute atomic E-state index is 0.611. The second kappa shape index (κ2) is 7.77. The molecular formula is C13H25N3S. The molecule has 0 aromatic carbocycles. The van der Waals surface area contributed by atoms with Crippen LogP contribution in [-0.4, -0.2) is 27.6 Å². The van der Waals surface area contributed by atoms with Gasteiger partial charge in [-0.1, -0.05) is 27.2 Å². The first-order chi connectivity index (χ1) is 8.21. The Morgan fingerprint density at radius 1 is 1.41 bits per heavy atom. The quantitative estimate of drug-likeness (QED) is 0.724. The summed E-state index contributed by atoms with van der Waals surface area (Å²) >= 11 is 1.95. The summed E-state index contributed by atoms with van der Waals surface area (Å²) in [6, 6.07) is 0.611. The van der Waals surface area contributed by atoms with E-state index in [1.807, 2.05) is 29.7 Å². The number of thioether (sulfide) groups is 1. The van der Waals surface area contributed by atoms with Gasteiger partial charge >= 0.3 is 0 Å². The lowest BCUT2D eigenvalue weighted by molar-refractivity contribution is 0.465.